The lowest BCUT2D eigenvalue weighted by Gasteiger charge is -2.22. The van der Waals surface area contributed by atoms with E-state index in [-0.39, 0.29) is 0 Å². The minimum atomic E-state index is -1.42. The van der Waals surface area contributed by atoms with Crippen LogP contribution in [0.2, 0.25) is 0 Å². The zero-order valence-electron chi connectivity index (χ0n) is 10.7. The van der Waals surface area contributed by atoms with Gasteiger partial charge in [-0.05, 0) is 14.1 Å². The molecule has 3 N–H and O–H groups in total. The number of carboxylic acid groups (broad SMARTS) is 2. The SMILES string of the molecule is CN(C)CCN(C)C(=O)N[C@H](CC(=O)O)C(=O)O. The second kappa shape index (κ2) is 7.49. The van der Waals surface area contributed by atoms with Crippen molar-refractivity contribution < 1.29 is 24.6 Å². The van der Waals surface area contributed by atoms with Crippen LogP contribution < -0.4 is 5.32 Å². The van der Waals surface area contributed by atoms with Gasteiger partial charge >= 0.3 is 18.0 Å². The Morgan fingerprint density at radius 3 is 2.06 bits per heavy atom. The van der Waals surface area contributed by atoms with Crippen molar-refractivity contribution in [2.24, 2.45) is 0 Å². The van der Waals surface area contributed by atoms with E-state index >= 15 is 0 Å². The number of nitrogens with one attached hydrogen (secondary N) is 1. The van der Waals surface area contributed by atoms with Gasteiger partial charge in [-0.1, -0.05) is 0 Å². The molecule has 0 rings (SSSR count). The number of carboxylic acids is 2. The van der Waals surface area contributed by atoms with Crippen LogP contribution in [-0.4, -0.2) is 78.3 Å². The number of rotatable bonds is 7. The molecule has 2 amide bonds. The van der Waals surface area contributed by atoms with Crippen LogP contribution in [0.5, 0.6) is 0 Å². The number of carbonyl (C=O) groups excluding carboxylic acids is 1. The highest BCUT2D eigenvalue weighted by Crippen LogP contribution is 1.95. The molecule has 0 unspecified atom stereocenters. The Bertz CT molecular complexity index is 319. The molecule has 8 nitrogen and oxygen atoms in total. The molecule has 8 heteroatoms. The van der Waals surface area contributed by atoms with Gasteiger partial charge in [0.2, 0.25) is 0 Å². The largest absolute Gasteiger partial charge is 0.481 e. The fourth-order valence-corrected chi connectivity index (χ4v) is 1.09. The molecule has 0 heterocycles. The number of hydrogen-bond donors (Lipinski definition) is 3. The molecule has 0 fully saturated rings. The van der Waals surface area contributed by atoms with E-state index in [9.17, 15) is 14.4 Å². The Kier molecular flexibility index (Phi) is 6.73. The molecule has 0 saturated carbocycles. The number of aliphatic carboxylic acids is 2. The number of likely N-dealkylation sites (N-methyl/N-ethyl adjacent to an activating group) is 2. The Labute approximate surface area is 105 Å². The molecule has 0 saturated heterocycles. The van der Waals surface area contributed by atoms with E-state index in [4.69, 9.17) is 10.2 Å². The zero-order valence-corrected chi connectivity index (χ0v) is 10.7. The Morgan fingerprint density at radius 1 is 1.11 bits per heavy atom. The summed E-state index contributed by atoms with van der Waals surface area (Å²) in [6.45, 7) is 1.04. The van der Waals surface area contributed by atoms with Gasteiger partial charge in [-0.25, -0.2) is 9.59 Å². The van der Waals surface area contributed by atoms with Gasteiger partial charge in [0, 0.05) is 20.1 Å². The van der Waals surface area contributed by atoms with Crippen molar-refractivity contribution in [3.8, 4) is 0 Å². The summed E-state index contributed by atoms with van der Waals surface area (Å²) in [6, 6.07) is -2.03. The molecule has 1 atom stereocenters. The molecule has 18 heavy (non-hydrogen) atoms. The van der Waals surface area contributed by atoms with Crippen molar-refractivity contribution in [2.75, 3.05) is 34.2 Å². The number of nitrogens with zero attached hydrogens (tertiary/aromatic N) is 2. The van der Waals surface area contributed by atoms with Gasteiger partial charge in [0.25, 0.3) is 0 Å². The van der Waals surface area contributed by atoms with E-state index in [1.807, 2.05) is 19.0 Å². The van der Waals surface area contributed by atoms with Gasteiger partial charge in [0.05, 0.1) is 6.42 Å². The van der Waals surface area contributed by atoms with Crippen molar-refractivity contribution in [1.82, 2.24) is 15.1 Å². The molecule has 0 aromatic heterocycles. The summed E-state index contributed by atoms with van der Waals surface area (Å²) in [5.74, 6) is -2.65. The smallest absolute Gasteiger partial charge is 0.326 e. The number of urea groups is 1. The molecule has 0 aromatic carbocycles. The summed E-state index contributed by atoms with van der Waals surface area (Å²) in [5.41, 5.74) is 0. The Hall–Kier alpha value is -1.83. The van der Waals surface area contributed by atoms with Crippen molar-refractivity contribution >= 4 is 18.0 Å². The maximum Gasteiger partial charge on any atom is 0.326 e. The van der Waals surface area contributed by atoms with Crippen LogP contribution in [0, 0.1) is 0 Å². The second-order valence-corrected chi connectivity index (χ2v) is 4.16. The lowest BCUT2D eigenvalue weighted by molar-refractivity contribution is -0.145. The summed E-state index contributed by atoms with van der Waals surface area (Å²) in [5, 5.41) is 19.5. The normalized spacial score (nSPS) is 12.0. The van der Waals surface area contributed by atoms with Crippen LogP contribution in [-0.2, 0) is 9.59 Å². The van der Waals surface area contributed by atoms with Crippen molar-refractivity contribution in [3.63, 3.8) is 0 Å². The maximum atomic E-state index is 11.6. The predicted molar refractivity (Wildman–Crippen MR) is 63.4 cm³/mol. The third-order valence-corrected chi connectivity index (χ3v) is 2.20. The highest BCUT2D eigenvalue weighted by atomic mass is 16.4. The van der Waals surface area contributed by atoms with E-state index in [1.165, 1.54) is 11.9 Å². The van der Waals surface area contributed by atoms with Crippen molar-refractivity contribution in [1.29, 1.82) is 0 Å². The lowest BCUT2D eigenvalue weighted by Crippen LogP contribution is -2.48. The molecule has 0 aliphatic carbocycles. The van der Waals surface area contributed by atoms with Crippen LogP contribution in [0.3, 0.4) is 0 Å². The molecule has 0 aliphatic rings. The van der Waals surface area contributed by atoms with Crippen molar-refractivity contribution in [2.45, 2.75) is 12.5 Å². The molecule has 0 aromatic rings. The fraction of sp³-hybridized carbons (Fsp3) is 0.700. The van der Waals surface area contributed by atoms with Gasteiger partial charge in [0.1, 0.15) is 6.04 Å². The first-order valence-corrected chi connectivity index (χ1v) is 5.35. The standard InChI is InChI=1S/C10H19N3O5/c1-12(2)4-5-13(3)10(18)11-7(9(16)17)6-8(14)15/h7H,4-6H2,1-3H3,(H,11,18)(H,14,15)(H,16,17)/t7-/m1/s1. The average molecular weight is 261 g/mol. The van der Waals surface area contributed by atoms with E-state index in [0.717, 1.165) is 0 Å². The van der Waals surface area contributed by atoms with E-state index < -0.39 is 30.4 Å². The molecule has 104 valence electrons. The summed E-state index contributed by atoms with van der Waals surface area (Å²) in [4.78, 5) is 36.0. The number of hydrogen-bond acceptors (Lipinski definition) is 4. The number of amides is 2. The maximum absolute atomic E-state index is 11.6. The molecular formula is C10H19N3O5. The van der Waals surface area contributed by atoms with Gasteiger partial charge in [-0.2, -0.15) is 0 Å². The van der Waals surface area contributed by atoms with Gasteiger partial charge in [-0.3, -0.25) is 4.79 Å². The van der Waals surface area contributed by atoms with Gasteiger partial charge in [0.15, 0.2) is 0 Å². The first-order valence-electron chi connectivity index (χ1n) is 5.35. The zero-order chi connectivity index (χ0) is 14.3. The lowest BCUT2D eigenvalue weighted by atomic mass is 10.2. The Morgan fingerprint density at radius 2 is 1.67 bits per heavy atom. The van der Waals surface area contributed by atoms with Crippen LogP contribution in [0.4, 0.5) is 4.79 Å². The highest BCUT2D eigenvalue weighted by Gasteiger charge is 2.24. The first kappa shape index (κ1) is 16.2. The van der Waals surface area contributed by atoms with Crippen LogP contribution in [0.25, 0.3) is 0 Å². The monoisotopic (exact) mass is 261 g/mol. The van der Waals surface area contributed by atoms with Gasteiger partial charge < -0.3 is 25.3 Å². The van der Waals surface area contributed by atoms with E-state index in [0.29, 0.717) is 13.1 Å². The van der Waals surface area contributed by atoms with Crippen molar-refractivity contribution in [3.05, 3.63) is 0 Å². The van der Waals surface area contributed by atoms with Crippen LogP contribution in [0.1, 0.15) is 6.42 Å². The minimum Gasteiger partial charge on any atom is -0.481 e. The topological polar surface area (TPSA) is 110 Å². The third-order valence-electron chi connectivity index (χ3n) is 2.20. The summed E-state index contributed by atoms with van der Waals surface area (Å²) in [7, 11) is 5.20. The summed E-state index contributed by atoms with van der Waals surface area (Å²) in [6.07, 6.45) is -0.650. The van der Waals surface area contributed by atoms with Crippen LogP contribution >= 0.6 is 0 Å². The number of carbonyl (C=O) groups is 3. The first-order chi connectivity index (χ1) is 8.23. The fourth-order valence-electron chi connectivity index (χ4n) is 1.09. The quantitative estimate of drug-likeness (QED) is 0.549. The second-order valence-electron chi connectivity index (χ2n) is 4.16. The van der Waals surface area contributed by atoms with Gasteiger partial charge in [-0.15, -0.1) is 0 Å². The molecule has 0 aliphatic heterocycles. The van der Waals surface area contributed by atoms with E-state index in [1.54, 1.807) is 0 Å². The molecule has 0 spiro atoms. The van der Waals surface area contributed by atoms with Crippen LogP contribution in [0.15, 0.2) is 0 Å². The highest BCUT2D eigenvalue weighted by molar-refractivity contribution is 5.86. The molecular weight excluding hydrogens is 242 g/mol. The summed E-state index contributed by atoms with van der Waals surface area (Å²) < 4.78 is 0. The van der Waals surface area contributed by atoms with E-state index in [2.05, 4.69) is 5.32 Å². The third kappa shape index (κ3) is 6.69. The predicted octanol–water partition coefficient (Wildman–Crippen LogP) is -0.883. The Balaban J connectivity index is 4.32. The minimum absolute atomic E-state index is 0.415. The molecule has 0 bridgehead atoms. The average Bonchev–Trinajstić information content (AvgIpc) is 2.23. The molecule has 0 radical (unpaired) electrons. The summed E-state index contributed by atoms with van der Waals surface area (Å²) >= 11 is 0.